The van der Waals surface area contributed by atoms with Crippen molar-refractivity contribution in [2.24, 2.45) is 0 Å². The Morgan fingerprint density at radius 1 is 0.243 bits per heavy atom. The van der Waals surface area contributed by atoms with E-state index >= 15 is 0 Å². The lowest BCUT2D eigenvalue weighted by molar-refractivity contribution is 0.753. The van der Waals surface area contributed by atoms with Gasteiger partial charge in [0, 0.05) is 39.8 Å². The summed E-state index contributed by atoms with van der Waals surface area (Å²) in [5.74, 6) is 0. The van der Waals surface area contributed by atoms with Crippen molar-refractivity contribution in [1.82, 2.24) is 0 Å². The Hall–Kier alpha value is -9.18. The third kappa shape index (κ3) is 6.74. The van der Waals surface area contributed by atoms with Crippen molar-refractivity contribution in [2.75, 3.05) is 14.7 Å². The molecule has 0 amide bonds. The minimum Gasteiger partial charge on any atom is -0.311 e. The van der Waals surface area contributed by atoms with E-state index in [1.165, 1.54) is 67.0 Å². The summed E-state index contributed by atoms with van der Waals surface area (Å²) < 4.78 is 0. The van der Waals surface area contributed by atoms with Crippen molar-refractivity contribution >= 4 is 51.2 Å². The van der Waals surface area contributed by atoms with Crippen molar-refractivity contribution < 1.29 is 0 Å². The van der Waals surface area contributed by atoms with E-state index in [1.807, 2.05) is 0 Å². The number of para-hydroxylation sites is 7. The van der Waals surface area contributed by atoms with Gasteiger partial charge in [0.2, 0.25) is 0 Å². The maximum atomic E-state index is 2.48. The van der Waals surface area contributed by atoms with E-state index in [-0.39, 0.29) is 0 Å². The molecule has 1 heterocycles. The van der Waals surface area contributed by atoms with Crippen LogP contribution in [0.15, 0.2) is 285 Å². The van der Waals surface area contributed by atoms with Crippen LogP contribution in [0.25, 0.3) is 33.4 Å². The highest BCUT2D eigenvalue weighted by Crippen LogP contribution is 2.64. The zero-order valence-corrected chi connectivity index (χ0v) is 38.5. The van der Waals surface area contributed by atoms with Crippen LogP contribution < -0.4 is 14.7 Å². The number of rotatable bonds is 9. The molecule has 0 bridgehead atoms. The van der Waals surface area contributed by atoms with Crippen LogP contribution in [0, 0.1) is 0 Å². The van der Waals surface area contributed by atoms with Gasteiger partial charge in [0.15, 0.2) is 0 Å². The predicted molar refractivity (Wildman–Crippen MR) is 292 cm³/mol. The molecule has 0 unspecified atom stereocenters. The van der Waals surface area contributed by atoms with Gasteiger partial charge in [-0.15, -0.1) is 0 Å². The van der Waals surface area contributed by atoms with Crippen LogP contribution in [0.2, 0.25) is 0 Å². The van der Waals surface area contributed by atoms with Gasteiger partial charge in [-0.3, -0.25) is 0 Å². The second-order valence-electron chi connectivity index (χ2n) is 18.1. The van der Waals surface area contributed by atoms with Crippen LogP contribution in [0.5, 0.6) is 0 Å². The summed E-state index contributed by atoms with van der Waals surface area (Å²) in [5, 5.41) is 0. The Morgan fingerprint density at radius 3 is 0.914 bits per heavy atom. The molecule has 0 aromatic heterocycles. The van der Waals surface area contributed by atoms with Crippen molar-refractivity contribution in [2.45, 2.75) is 5.41 Å². The highest BCUT2D eigenvalue weighted by atomic mass is 15.2. The molecule has 11 aromatic carbocycles. The third-order valence-corrected chi connectivity index (χ3v) is 14.2. The van der Waals surface area contributed by atoms with Gasteiger partial charge in [-0.05, 0) is 165 Å². The second kappa shape index (κ2) is 17.2. The predicted octanol–water partition coefficient (Wildman–Crippen LogP) is 18.1. The highest BCUT2D eigenvalue weighted by molar-refractivity contribution is 5.97. The van der Waals surface area contributed by atoms with Gasteiger partial charge in [-0.25, -0.2) is 0 Å². The van der Waals surface area contributed by atoms with E-state index in [4.69, 9.17) is 0 Å². The van der Waals surface area contributed by atoms with E-state index in [2.05, 4.69) is 300 Å². The van der Waals surface area contributed by atoms with Gasteiger partial charge in [-0.2, -0.15) is 0 Å². The molecule has 11 aromatic rings. The van der Waals surface area contributed by atoms with Gasteiger partial charge in [0.1, 0.15) is 0 Å². The summed E-state index contributed by atoms with van der Waals surface area (Å²) in [7, 11) is 0. The Kier molecular flexibility index (Phi) is 10.1. The van der Waals surface area contributed by atoms with Crippen molar-refractivity contribution in [3.8, 4) is 33.4 Å². The summed E-state index contributed by atoms with van der Waals surface area (Å²) in [6.45, 7) is 0. The van der Waals surface area contributed by atoms with E-state index in [0.717, 1.165) is 39.8 Å². The fourth-order valence-corrected chi connectivity index (χ4v) is 11.2. The van der Waals surface area contributed by atoms with Crippen molar-refractivity contribution in [3.05, 3.63) is 307 Å². The first kappa shape index (κ1) is 41.0. The number of benzene rings is 11. The molecular weight excluding hydrogens is 847 g/mol. The Balaban J connectivity index is 0.976. The molecule has 0 N–H and O–H groups in total. The van der Waals surface area contributed by atoms with Crippen LogP contribution in [0.4, 0.5) is 51.2 Å². The van der Waals surface area contributed by atoms with Gasteiger partial charge in [-0.1, -0.05) is 176 Å². The highest BCUT2D eigenvalue weighted by Gasteiger charge is 2.52. The number of hydrogen-bond donors (Lipinski definition) is 0. The summed E-state index contributed by atoms with van der Waals surface area (Å²) in [6.07, 6.45) is 0. The first-order chi connectivity index (χ1) is 34.7. The minimum atomic E-state index is -0.621. The summed E-state index contributed by atoms with van der Waals surface area (Å²) in [5.41, 5.74) is 21.9. The summed E-state index contributed by atoms with van der Waals surface area (Å²) in [4.78, 5) is 7.09. The molecule has 13 rings (SSSR count). The molecule has 70 heavy (non-hydrogen) atoms. The van der Waals surface area contributed by atoms with Crippen LogP contribution in [0.1, 0.15) is 22.3 Å². The number of fused-ring (bicyclic) bond motifs is 9. The average Bonchev–Trinajstić information content (AvgIpc) is 3.72. The maximum Gasteiger partial charge on any atom is 0.0754 e. The molecule has 0 atom stereocenters. The zero-order chi connectivity index (χ0) is 46.4. The normalized spacial score (nSPS) is 12.7. The zero-order valence-electron chi connectivity index (χ0n) is 38.5. The first-order valence-corrected chi connectivity index (χ1v) is 24.1. The molecule has 0 fully saturated rings. The molecule has 3 heteroatoms. The fraction of sp³-hybridized carbons (Fsp3) is 0.0149. The first-order valence-electron chi connectivity index (χ1n) is 24.1. The average molecular weight is 894 g/mol. The number of nitrogens with zero attached hydrogens (tertiary/aromatic N) is 3. The molecule has 0 radical (unpaired) electrons. The van der Waals surface area contributed by atoms with Crippen LogP contribution in [-0.4, -0.2) is 0 Å². The molecule has 330 valence electrons. The topological polar surface area (TPSA) is 9.72 Å². The molecule has 1 aliphatic heterocycles. The molecule has 1 spiro atoms. The van der Waals surface area contributed by atoms with E-state index in [0.29, 0.717) is 0 Å². The lowest BCUT2D eigenvalue weighted by Gasteiger charge is -2.45. The lowest BCUT2D eigenvalue weighted by Crippen LogP contribution is -2.36. The SMILES string of the molecule is c1ccc(N(c2ccccc2)c2ccc(-c3ccc4c(c3)C3(c5cc(-c6ccc(N(c7ccccc7)c7ccccc7)cc6)ccc5-4)c4ccccc4N(c4ccccc4)c4ccccc43)cc2)cc1. The van der Waals surface area contributed by atoms with E-state index in [1.54, 1.807) is 0 Å². The smallest absolute Gasteiger partial charge is 0.0754 e. The monoisotopic (exact) mass is 893 g/mol. The molecule has 3 nitrogen and oxygen atoms in total. The Labute approximate surface area is 410 Å². The van der Waals surface area contributed by atoms with Crippen molar-refractivity contribution in [3.63, 3.8) is 0 Å². The molecule has 2 aliphatic rings. The quantitative estimate of drug-likeness (QED) is 0.143. The molecule has 0 saturated heterocycles. The van der Waals surface area contributed by atoms with Gasteiger partial charge in [0.25, 0.3) is 0 Å². The largest absolute Gasteiger partial charge is 0.311 e. The third-order valence-electron chi connectivity index (χ3n) is 14.2. The Bertz CT molecular complexity index is 3330. The fourth-order valence-electron chi connectivity index (χ4n) is 11.2. The molecular formula is C67H47N3. The lowest BCUT2D eigenvalue weighted by atomic mass is 9.64. The van der Waals surface area contributed by atoms with E-state index in [9.17, 15) is 0 Å². The summed E-state index contributed by atoms with van der Waals surface area (Å²) >= 11 is 0. The van der Waals surface area contributed by atoms with Gasteiger partial charge >= 0.3 is 0 Å². The van der Waals surface area contributed by atoms with E-state index < -0.39 is 5.41 Å². The Morgan fingerprint density at radius 2 is 0.543 bits per heavy atom. The van der Waals surface area contributed by atoms with Crippen molar-refractivity contribution in [1.29, 1.82) is 0 Å². The molecule has 1 aliphatic carbocycles. The second-order valence-corrected chi connectivity index (χ2v) is 18.1. The van der Waals surface area contributed by atoms with Crippen LogP contribution in [0.3, 0.4) is 0 Å². The van der Waals surface area contributed by atoms with Crippen LogP contribution >= 0.6 is 0 Å². The minimum absolute atomic E-state index is 0.621. The number of hydrogen-bond acceptors (Lipinski definition) is 3. The standard InChI is InChI=1S/C67H47N3/c1-6-20-52(21-7-1)68(53-22-8-2-9-23-53)57-40-34-48(35-41-57)50-38-44-59-60-45-39-51(49-36-42-58(43-37-49)69(54-24-10-3-11-25-54)55-26-12-4-13-27-55)47-64(60)67(63(59)46-50)61-30-16-18-32-65(61)70(56-28-14-5-15-29-56)66-33-19-17-31-62(66)67/h1-47H. The summed E-state index contributed by atoms with van der Waals surface area (Å²) in [6, 6.07) is 104. The van der Waals surface area contributed by atoms with Crippen LogP contribution in [-0.2, 0) is 5.41 Å². The maximum absolute atomic E-state index is 2.48. The number of anilines is 9. The van der Waals surface area contributed by atoms with Gasteiger partial charge in [0.05, 0.1) is 16.8 Å². The van der Waals surface area contributed by atoms with Gasteiger partial charge < -0.3 is 14.7 Å². The molecule has 0 saturated carbocycles.